The molecule has 0 spiro atoms. The number of fused-ring (bicyclic) bond motifs is 2. The molecule has 5 aromatic rings. The van der Waals surface area contributed by atoms with Gasteiger partial charge >= 0.3 is 5.97 Å². The molecule has 0 unspecified atom stereocenters. The van der Waals surface area contributed by atoms with Gasteiger partial charge in [-0.1, -0.05) is 45.0 Å². The molecule has 3 heterocycles. The third-order valence-corrected chi connectivity index (χ3v) is 6.74. The van der Waals surface area contributed by atoms with Crippen molar-refractivity contribution >= 4 is 39.5 Å². The number of rotatable bonds is 6. The van der Waals surface area contributed by atoms with Gasteiger partial charge in [-0.3, -0.25) is 9.69 Å². The van der Waals surface area contributed by atoms with Gasteiger partial charge < -0.3 is 9.30 Å². The number of nitrogens with zero attached hydrogens (tertiary/aromatic N) is 4. The summed E-state index contributed by atoms with van der Waals surface area (Å²) < 4.78 is 6.88. The highest BCUT2D eigenvalue weighted by atomic mass is 16.5. The lowest BCUT2D eigenvalue weighted by Gasteiger charge is -2.27. The molecule has 198 valence electrons. The fourth-order valence-electron chi connectivity index (χ4n) is 4.75. The van der Waals surface area contributed by atoms with Crippen LogP contribution in [-0.4, -0.2) is 33.5 Å². The van der Waals surface area contributed by atoms with Crippen molar-refractivity contribution in [2.75, 3.05) is 12.0 Å². The molecule has 0 fully saturated rings. The van der Waals surface area contributed by atoms with Crippen molar-refractivity contribution in [3.05, 3.63) is 90.4 Å². The molecular formula is C32H32N4O3. The van der Waals surface area contributed by atoms with Gasteiger partial charge in [-0.2, -0.15) is 0 Å². The molecule has 0 bridgehead atoms. The molecule has 0 aliphatic carbocycles. The van der Waals surface area contributed by atoms with Crippen LogP contribution in [0.3, 0.4) is 0 Å². The van der Waals surface area contributed by atoms with Crippen LogP contribution in [0.1, 0.15) is 43.1 Å². The second-order valence-corrected chi connectivity index (χ2v) is 11.0. The quantitative estimate of drug-likeness (QED) is 0.238. The van der Waals surface area contributed by atoms with Gasteiger partial charge in [-0.15, -0.1) is 0 Å². The zero-order valence-electron chi connectivity index (χ0n) is 22.9. The van der Waals surface area contributed by atoms with E-state index < -0.39 is 5.97 Å². The maximum absolute atomic E-state index is 13.6. The van der Waals surface area contributed by atoms with E-state index in [0.717, 1.165) is 38.5 Å². The highest BCUT2D eigenvalue weighted by Gasteiger charge is 2.25. The summed E-state index contributed by atoms with van der Waals surface area (Å²) in [5.74, 6) is 0.154. The third kappa shape index (κ3) is 5.53. The minimum absolute atomic E-state index is 0.0117. The average Bonchev–Trinajstić information content (AvgIpc) is 3.29. The molecule has 2 aromatic carbocycles. The first kappa shape index (κ1) is 26.1. The highest BCUT2D eigenvalue weighted by Crippen LogP contribution is 2.30. The summed E-state index contributed by atoms with van der Waals surface area (Å²) in [4.78, 5) is 36.7. The van der Waals surface area contributed by atoms with Crippen LogP contribution in [0.4, 0.5) is 5.82 Å². The molecule has 0 atom stereocenters. The van der Waals surface area contributed by atoms with Gasteiger partial charge in [0, 0.05) is 48.4 Å². The number of hydrogen-bond acceptors (Lipinski definition) is 5. The van der Waals surface area contributed by atoms with Gasteiger partial charge in [-0.25, -0.2) is 14.8 Å². The third-order valence-electron chi connectivity index (χ3n) is 6.74. The topological polar surface area (TPSA) is 77.3 Å². The van der Waals surface area contributed by atoms with Gasteiger partial charge in [0.2, 0.25) is 5.91 Å². The van der Waals surface area contributed by atoms with Crippen molar-refractivity contribution in [1.29, 1.82) is 0 Å². The molecule has 7 heteroatoms. The van der Waals surface area contributed by atoms with Gasteiger partial charge in [-0.05, 0) is 58.3 Å². The van der Waals surface area contributed by atoms with Crippen molar-refractivity contribution in [3.8, 4) is 11.1 Å². The van der Waals surface area contributed by atoms with Crippen LogP contribution in [0.2, 0.25) is 0 Å². The van der Waals surface area contributed by atoms with Crippen molar-refractivity contribution < 1.29 is 14.3 Å². The van der Waals surface area contributed by atoms with E-state index in [0.29, 0.717) is 24.3 Å². The first-order valence-electron chi connectivity index (χ1n) is 12.9. The SMILES string of the molecule is COC(=O)c1ccc2c(N(Cc3ccc(-c4cnc5c(ccn5C)c4)cc3)C(=O)CC(C)(C)C)nccc2c1. The lowest BCUT2D eigenvalue weighted by molar-refractivity contribution is -0.120. The van der Waals surface area contributed by atoms with Crippen LogP contribution in [0.25, 0.3) is 32.9 Å². The Hall–Kier alpha value is -4.52. The standard InChI is InChI=1S/C32H32N4O3/c1-32(2,3)18-28(37)36(30-27-11-10-25(31(38)39-5)16-23(27)12-14-33-30)20-21-6-8-22(9-7-21)26-17-24-13-15-35(4)29(24)34-19-26/h6-17,19H,18,20H2,1-5H3. The van der Waals surface area contributed by atoms with Gasteiger partial charge in [0.25, 0.3) is 0 Å². The lowest BCUT2D eigenvalue weighted by atomic mass is 9.91. The van der Waals surface area contributed by atoms with E-state index in [1.54, 1.807) is 23.2 Å². The Labute approximate surface area is 228 Å². The zero-order valence-corrected chi connectivity index (χ0v) is 22.9. The van der Waals surface area contributed by atoms with E-state index in [1.165, 1.54) is 7.11 Å². The Morgan fingerprint density at radius 2 is 1.69 bits per heavy atom. The predicted octanol–water partition coefficient (Wildman–Crippen LogP) is 6.54. The van der Waals surface area contributed by atoms with Crippen molar-refractivity contribution in [3.63, 3.8) is 0 Å². The molecule has 0 aliphatic rings. The Balaban J connectivity index is 1.49. The summed E-state index contributed by atoms with van der Waals surface area (Å²) in [6.07, 6.45) is 5.93. The molecular weight excluding hydrogens is 488 g/mol. The summed E-state index contributed by atoms with van der Waals surface area (Å²) in [7, 11) is 3.35. The number of benzene rings is 2. The van der Waals surface area contributed by atoms with E-state index in [9.17, 15) is 9.59 Å². The number of hydrogen-bond donors (Lipinski definition) is 0. The zero-order chi connectivity index (χ0) is 27.7. The Morgan fingerprint density at radius 1 is 0.923 bits per heavy atom. The summed E-state index contributed by atoms with van der Waals surface area (Å²) in [5.41, 5.74) is 4.30. The predicted molar refractivity (Wildman–Crippen MR) is 154 cm³/mol. The number of pyridine rings is 2. The molecule has 0 saturated heterocycles. The summed E-state index contributed by atoms with van der Waals surface area (Å²) in [5, 5.41) is 2.71. The van der Waals surface area contributed by atoms with Crippen LogP contribution < -0.4 is 4.90 Å². The smallest absolute Gasteiger partial charge is 0.337 e. The summed E-state index contributed by atoms with van der Waals surface area (Å²) in [6.45, 7) is 6.52. The van der Waals surface area contributed by atoms with Crippen LogP contribution in [-0.2, 0) is 23.1 Å². The Morgan fingerprint density at radius 3 is 2.41 bits per heavy atom. The summed E-state index contributed by atoms with van der Waals surface area (Å²) in [6, 6.07) is 19.6. The molecule has 0 N–H and O–H groups in total. The van der Waals surface area contributed by atoms with Crippen molar-refractivity contribution in [2.24, 2.45) is 12.5 Å². The number of anilines is 1. The minimum atomic E-state index is -0.405. The number of carbonyl (C=O) groups is 2. The summed E-state index contributed by atoms with van der Waals surface area (Å²) >= 11 is 0. The number of amides is 1. The van der Waals surface area contributed by atoms with Crippen LogP contribution in [0.15, 0.2) is 79.3 Å². The molecule has 39 heavy (non-hydrogen) atoms. The first-order valence-corrected chi connectivity index (χ1v) is 12.9. The maximum Gasteiger partial charge on any atom is 0.337 e. The number of aryl methyl sites for hydroxylation is 1. The number of carbonyl (C=O) groups excluding carboxylic acids is 2. The monoisotopic (exact) mass is 520 g/mol. The van der Waals surface area contributed by atoms with Gasteiger partial charge in [0.15, 0.2) is 0 Å². The second-order valence-electron chi connectivity index (χ2n) is 11.0. The molecule has 3 aromatic heterocycles. The average molecular weight is 521 g/mol. The van der Waals surface area contributed by atoms with E-state index in [4.69, 9.17) is 4.74 Å². The first-order chi connectivity index (χ1) is 18.6. The number of aromatic nitrogens is 3. The number of esters is 1. The maximum atomic E-state index is 13.6. The fourth-order valence-corrected chi connectivity index (χ4v) is 4.75. The Bertz CT molecular complexity index is 1680. The molecule has 0 aliphatic heterocycles. The molecule has 0 saturated carbocycles. The van der Waals surface area contributed by atoms with Gasteiger partial charge in [0.05, 0.1) is 19.2 Å². The second kappa shape index (κ2) is 10.3. The van der Waals surface area contributed by atoms with E-state index in [-0.39, 0.29) is 11.3 Å². The van der Waals surface area contributed by atoms with E-state index in [2.05, 4.69) is 55.0 Å². The highest BCUT2D eigenvalue weighted by molar-refractivity contribution is 6.04. The molecule has 7 nitrogen and oxygen atoms in total. The number of ether oxygens (including phenoxy) is 1. The lowest BCUT2D eigenvalue weighted by Crippen LogP contribution is -2.34. The van der Waals surface area contributed by atoms with Crippen molar-refractivity contribution in [1.82, 2.24) is 14.5 Å². The molecule has 1 amide bonds. The van der Waals surface area contributed by atoms with Gasteiger partial charge in [0.1, 0.15) is 11.5 Å². The van der Waals surface area contributed by atoms with E-state index in [1.807, 2.05) is 48.3 Å². The molecule has 5 rings (SSSR count). The van der Waals surface area contributed by atoms with Crippen LogP contribution in [0.5, 0.6) is 0 Å². The minimum Gasteiger partial charge on any atom is -0.465 e. The van der Waals surface area contributed by atoms with E-state index >= 15 is 0 Å². The van der Waals surface area contributed by atoms with Crippen molar-refractivity contribution in [2.45, 2.75) is 33.7 Å². The fraction of sp³-hybridized carbons (Fsp3) is 0.250. The molecule has 0 radical (unpaired) electrons. The number of methoxy groups -OCH3 is 1. The van der Waals surface area contributed by atoms with Crippen LogP contribution >= 0.6 is 0 Å². The largest absolute Gasteiger partial charge is 0.465 e. The van der Waals surface area contributed by atoms with Crippen LogP contribution in [0, 0.1) is 5.41 Å². The normalized spacial score (nSPS) is 11.6. The Kier molecular flexibility index (Phi) is 6.91.